The van der Waals surface area contributed by atoms with E-state index in [4.69, 9.17) is 9.72 Å². The molecule has 20 heavy (non-hydrogen) atoms. The molecule has 1 aliphatic rings. The molecule has 3 rings (SSSR count). The van der Waals surface area contributed by atoms with Crippen molar-refractivity contribution in [1.29, 1.82) is 0 Å². The van der Waals surface area contributed by atoms with Gasteiger partial charge in [0.15, 0.2) is 0 Å². The molecule has 2 heterocycles. The number of nitrogens with one attached hydrogen (secondary N) is 1. The summed E-state index contributed by atoms with van der Waals surface area (Å²) in [6.07, 6.45) is 1.98. The van der Waals surface area contributed by atoms with Gasteiger partial charge in [0.25, 0.3) is 0 Å². The Morgan fingerprint density at radius 1 is 1.40 bits per heavy atom. The average molecular weight is 271 g/mol. The first kappa shape index (κ1) is 13.2. The highest BCUT2D eigenvalue weighted by molar-refractivity contribution is 5.48. The van der Waals surface area contributed by atoms with Crippen LogP contribution in [0.5, 0.6) is 5.75 Å². The van der Waals surface area contributed by atoms with E-state index in [9.17, 15) is 0 Å². The van der Waals surface area contributed by atoms with Gasteiger partial charge in [0.1, 0.15) is 11.6 Å². The molecule has 4 nitrogen and oxygen atoms in total. The summed E-state index contributed by atoms with van der Waals surface area (Å²) in [7, 11) is 1.71. The van der Waals surface area contributed by atoms with Gasteiger partial charge in [0, 0.05) is 31.6 Å². The number of imidazole rings is 1. The Kier molecular flexibility index (Phi) is 3.49. The van der Waals surface area contributed by atoms with Gasteiger partial charge in [0.2, 0.25) is 0 Å². The molecule has 0 aliphatic carbocycles. The fraction of sp³-hybridized carbons (Fsp3) is 0.438. The van der Waals surface area contributed by atoms with Crippen molar-refractivity contribution >= 4 is 0 Å². The molecule has 1 aliphatic heterocycles. The monoisotopic (exact) mass is 271 g/mol. The highest BCUT2D eigenvalue weighted by atomic mass is 16.5. The third-order valence-electron chi connectivity index (χ3n) is 3.92. The van der Waals surface area contributed by atoms with E-state index in [2.05, 4.69) is 35.9 Å². The van der Waals surface area contributed by atoms with Crippen molar-refractivity contribution in [3.05, 3.63) is 41.0 Å². The van der Waals surface area contributed by atoms with Crippen LogP contribution < -0.4 is 10.1 Å². The minimum Gasteiger partial charge on any atom is -0.497 e. The van der Waals surface area contributed by atoms with Gasteiger partial charge in [-0.3, -0.25) is 0 Å². The van der Waals surface area contributed by atoms with Crippen LogP contribution in [0.3, 0.4) is 0 Å². The summed E-state index contributed by atoms with van der Waals surface area (Å²) in [5.41, 5.74) is 4.99. The Morgan fingerprint density at radius 2 is 2.25 bits per heavy atom. The molecule has 1 N–H and O–H groups in total. The summed E-state index contributed by atoms with van der Waals surface area (Å²) in [4.78, 5) is 4.80. The number of hydrogen-bond acceptors (Lipinski definition) is 3. The number of fused-ring (bicyclic) bond motifs is 1. The van der Waals surface area contributed by atoms with Gasteiger partial charge >= 0.3 is 0 Å². The first-order valence-electron chi connectivity index (χ1n) is 7.19. The van der Waals surface area contributed by atoms with E-state index in [1.807, 2.05) is 6.07 Å². The topological polar surface area (TPSA) is 39.1 Å². The second-order valence-electron chi connectivity index (χ2n) is 5.19. The lowest BCUT2D eigenvalue weighted by Gasteiger charge is -2.18. The number of hydrogen-bond donors (Lipinski definition) is 1. The van der Waals surface area contributed by atoms with Crippen molar-refractivity contribution in [1.82, 2.24) is 14.9 Å². The largest absolute Gasteiger partial charge is 0.497 e. The van der Waals surface area contributed by atoms with Crippen LogP contribution in [0.15, 0.2) is 18.2 Å². The normalized spacial score (nSPS) is 14.2. The first-order valence-corrected chi connectivity index (χ1v) is 7.19. The summed E-state index contributed by atoms with van der Waals surface area (Å²) in [6.45, 7) is 6.20. The number of aromatic nitrogens is 2. The zero-order valence-corrected chi connectivity index (χ0v) is 12.4. The van der Waals surface area contributed by atoms with E-state index in [1.165, 1.54) is 22.6 Å². The Balaban J connectivity index is 2.16. The molecular formula is C16H21N3O. The Labute approximate surface area is 119 Å². The summed E-state index contributed by atoms with van der Waals surface area (Å²) in [5, 5.41) is 3.39. The summed E-state index contributed by atoms with van der Waals surface area (Å²) < 4.78 is 7.64. The first-order chi connectivity index (χ1) is 9.74. The van der Waals surface area contributed by atoms with Crippen LogP contribution in [0.25, 0.3) is 5.69 Å². The predicted molar refractivity (Wildman–Crippen MR) is 79.6 cm³/mol. The molecule has 1 aromatic heterocycles. The molecular weight excluding hydrogens is 250 g/mol. The third-order valence-corrected chi connectivity index (χ3v) is 3.92. The van der Waals surface area contributed by atoms with Crippen LogP contribution >= 0.6 is 0 Å². The quantitative estimate of drug-likeness (QED) is 0.931. The fourth-order valence-corrected chi connectivity index (χ4v) is 2.89. The number of aryl methyl sites for hydroxylation is 2. The van der Waals surface area contributed by atoms with Crippen molar-refractivity contribution in [2.75, 3.05) is 13.7 Å². The zero-order chi connectivity index (χ0) is 14.1. The lowest BCUT2D eigenvalue weighted by atomic mass is 10.1. The van der Waals surface area contributed by atoms with Crippen molar-refractivity contribution in [2.24, 2.45) is 0 Å². The van der Waals surface area contributed by atoms with E-state index >= 15 is 0 Å². The van der Waals surface area contributed by atoms with Crippen molar-refractivity contribution in [2.45, 2.75) is 33.2 Å². The molecule has 0 unspecified atom stereocenters. The maximum atomic E-state index is 5.30. The van der Waals surface area contributed by atoms with E-state index in [0.29, 0.717) is 0 Å². The third kappa shape index (κ3) is 2.10. The molecule has 0 radical (unpaired) electrons. The number of methoxy groups -OCH3 is 1. The smallest absolute Gasteiger partial charge is 0.119 e. The standard InChI is InChI=1S/C16H21N3O/c1-4-16-18-13-10-17-8-7-15(13)19(16)14-6-5-12(20-3)9-11(14)2/h5-6,9,17H,4,7-8,10H2,1-3H3. The molecule has 0 spiro atoms. The van der Waals surface area contributed by atoms with Gasteiger partial charge in [-0.2, -0.15) is 0 Å². The van der Waals surface area contributed by atoms with E-state index in [0.717, 1.165) is 37.5 Å². The lowest BCUT2D eigenvalue weighted by molar-refractivity contribution is 0.414. The molecule has 106 valence electrons. The van der Waals surface area contributed by atoms with Crippen molar-refractivity contribution in [3.8, 4) is 11.4 Å². The van der Waals surface area contributed by atoms with Gasteiger partial charge in [-0.05, 0) is 30.7 Å². The fourth-order valence-electron chi connectivity index (χ4n) is 2.89. The number of benzene rings is 1. The van der Waals surface area contributed by atoms with Crippen molar-refractivity contribution < 1.29 is 4.74 Å². The van der Waals surface area contributed by atoms with Crippen LogP contribution in [-0.4, -0.2) is 23.2 Å². The molecule has 4 heteroatoms. The zero-order valence-electron chi connectivity index (χ0n) is 12.4. The number of nitrogens with zero attached hydrogens (tertiary/aromatic N) is 2. The van der Waals surface area contributed by atoms with E-state index in [1.54, 1.807) is 7.11 Å². The second kappa shape index (κ2) is 5.29. The van der Waals surface area contributed by atoms with Crippen LogP contribution in [0.1, 0.15) is 29.7 Å². The van der Waals surface area contributed by atoms with Gasteiger partial charge in [-0.15, -0.1) is 0 Å². The van der Waals surface area contributed by atoms with Crippen LogP contribution in [0.2, 0.25) is 0 Å². The minimum absolute atomic E-state index is 0.879. The summed E-state index contributed by atoms with van der Waals surface area (Å²) in [6, 6.07) is 6.24. The predicted octanol–water partition coefficient (Wildman–Crippen LogP) is 2.40. The molecule has 0 amide bonds. The molecule has 2 aromatic rings. The minimum atomic E-state index is 0.879. The molecule has 1 aromatic carbocycles. The molecule has 0 saturated carbocycles. The molecule has 0 saturated heterocycles. The van der Waals surface area contributed by atoms with Crippen LogP contribution in [0, 0.1) is 6.92 Å². The van der Waals surface area contributed by atoms with Gasteiger partial charge < -0.3 is 14.6 Å². The maximum Gasteiger partial charge on any atom is 0.119 e. The highest BCUT2D eigenvalue weighted by Crippen LogP contribution is 2.26. The summed E-state index contributed by atoms with van der Waals surface area (Å²) in [5.74, 6) is 2.05. The number of rotatable bonds is 3. The van der Waals surface area contributed by atoms with Gasteiger partial charge in [-0.25, -0.2) is 4.98 Å². The Hall–Kier alpha value is -1.81. The maximum absolute atomic E-state index is 5.30. The Bertz CT molecular complexity index is 631. The van der Waals surface area contributed by atoms with E-state index in [-0.39, 0.29) is 0 Å². The SMILES string of the molecule is CCc1nc2c(n1-c1ccc(OC)cc1C)CCNC2. The van der Waals surface area contributed by atoms with E-state index < -0.39 is 0 Å². The van der Waals surface area contributed by atoms with Crippen LogP contribution in [-0.2, 0) is 19.4 Å². The second-order valence-corrected chi connectivity index (χ2v) is 5.19. The van der Waals surface area contributed by atoms with Crippen molar-refractivity contribution in [3.63, 3.8) is 0 Å². The molecule has 0 atom stereocenters. The lowest BCUT2D eigenvalue weighted by Crippen LogP contribution is -2.24. The van der Waals surface area contributed by atoms with Gasteiger partial charge in [0.05, 0.1) is 18.5 Å². The molecule has 0 fully saturated rings. The van der Waals surface area contributed by atoms with Crippen LogP contribution in [0.4, 0.5) is 0 Å². The Morgan fingerprint density at radius 3 is 2.95 bits per heavy atom. The highest BCUT2D eigenvalue weighted by Gasteiger charge is 2.20. The average Bonchev–Trinajstić information content (AvgIpc) is 2.85. The number of ether oxygens (including phenoxy) is 1. The molecule has 0 bridgehead atoms. The summed E-state index contributed by atoms with van der Waals surface area (Å²) >= 11 is 0. The van der Waals surface area contributed by atoms with Gasteiger partial charge in [-0.1, -0.05) is 6.92 Å².